The van der Waals surface area contributed by atoms with Gasteiger partial charge in [0.2, 0.25) is 0 Å². The Morgan fingerprint density at radius 1 is 1.11 bits per heavy atom. The molecular weight excluding hydrogens is 316 g/mol. The van der Waals surface area contributed by atoms with E-state index in [4.69, 9.17) is 0 Å². The van der Waals surface area contributed by atoms with Crippen LogP contribution in [0.5, 0.6) is 0 Å². The number of aryl methyl sites for hydroxylation is 1. The molecule has 1 aromatic carbocycles. The molecule has 0 atom stereocenters. The molecule has 0 aliphatic heterocycles. The van der Waals surface area contributed by atoms with Gasteiger partial charge in [0.05, 0.1) is 11.1 Å². The molecule has 0 radical (unpaired) electrons. The molecule has 96 valence electrons. The summed E-state index contributed by atoms with van der Waals surface area (Å²) in [6.07, 6.45) is 0. The Morgan fingerprint density at radius 2 is 1.79 bits per heavy atom. The van der Waals surface area contributed by atoms with Crippen molar-refractivity contribution in [3.63, 3.8) is 0 Å². The van der Waals surface area contributed by atoms with Gasteiger partial charge in [0.15, 0.2) is 5.65 Å². The van der Waals surface area contributed by atoms with Crippen LogP contribution in [0.2, 0.25) is 0 Å². The molecule has 3 rings (SSSR count). The summed E-state index contributed by atoms with van der Waals surface area (Å²) < 4.78 is 28.1. The summed E-state index contributed by atoms with van der Waals surface area (Å²) in [5, 5.41) is 0. The van der Waals surface area contributed by atoms with Crippen LogP contribution in [0.4, 0.5) is 8.78 Å². The van der Waals surface area contributed by atoms with E-state index in [1.807, 2.05) is 6.92 Å². The van der Waals surface area contributed by atoms with Gasteiger partial charge in [-0.2, -0.15) is 0 Å². The first-order chi connectivity index (χ1) is 9.04. The zero-order valence-corrected chi connectivity index (χ0v) is 11.4. The lowest BCUT2D eigenvalue weighted by Crippen LogP contribution is -1.92. The largest absolute Gasteiger partial charge is 0.336 e. The highest BCUT2D eigenvalue weighted by Gasteiger charge is 2.16. The standard InChI is InChI=1S/C13H8BrF2N3/c1-6-2-3-10-12(17-6)19-13(18-10)11-8(15)4-7(14)5-9(11)16/h2-5H,1H3,(H,17,18,19). The molecule has 0 spiro atoms. The van der Waals surface area contributed by atoms with E-state index in [2.05, 4.69) is 30.9 Å². The summed E-state index contributed by atoms with van der Waals surface area (Å²) in [6, 6.07) is 5.98. The number of aromatic amines is 1. The van der Waals surface area contributed by atoms with Crippen molar-refractivity contribution in [2.45, 2.75) is 6.92 Å². The Bertz CT molecular complexity index is 760. The molecule has 0 aliphatic rings. The Labute approximate surface area is 115 Å². The first-order valence-electron chi connectivity index (χ1n) is 5.53. The topological polar surface area (TPSA) is 41.6 Å². The van der Waals surface area contributed by atoms with E-state index in [-0.39, 0.29) is 11.4 Å². The minimum absolute atomic E-state index is 0.135. The molecular formula is C13H8BrF2N3. The zero-order valence-electron chi connectivity index (χ0n) is 9.84. The van der Waals surface area contributed by atoms with Gasteiger partial charge in [-0.25, -0.2) is 18.7 Å². The molecule has 3 nitrogen and oxygen atoms in total. The zero-order chi connectivity index (χ0) is 13.6. The van der Waals surface area contributed by atoms with Crippen LogP contribution in [0.3, 0.4) is 0 Å². The molecule has 0 amide bonds. The summed E-state index contributed by atoms with van der Waals surface area (Å²) in [5.74, 6) is -1.22. The maximum atomic E-state index is 13.9. The normalized spacial score (nSPS) is 11.2. The molecule has 2 aromatic heterocycles. The summed E-state index contributed by atoms with van der Waals surface area (Å²) in [5.41, 5.74) is 1.69. The minimum Gasteiger partial charge on any atom is -0.336 e. The second kappa shape index (κ2) is 4.38. The average Bonchev–Trinajstić information content (AvgIpc) is 2.69. The molecule has 0 saturated carbocycles. The number of rotatable bonds is 1. The Balaban J connectivity index is 2.24. The van der Waals surface area contributed by atoms with Gasteiger partial charge in [0, 0.05) is 10.2 Å². The van der Waals surface area contributed by atoms with Gasteiger partial charge < -0.3 is 4.98 Å². The van der Waals surface area contributed by atoms with E-state index >= 15 is 0 Å². The Hall–Kier alpha value is -1.82. The monoisotopic (exact) mass is 323 g/mol. The highest BCUT2D eigenvalue weighted by atomic mass is 79.9. The number of pyridine rings is 1. The maximum absolute atomic E-state index is 13.9. The van der Waals surface area contributed by atoms with Crippen LogP contribution < -0.4 is 0 Å². The number of fused-ring (bicyclic) bond motifs is 1. The lowest BCUT2D eigenvalue weighted by Gasteiger charge is -2.02. The Kier molecular flexibility index (Phi) is 2.82. The van der Waals surface area contributed by atoms with Crippen LogP contribution in [0.1, 0.15) is 5.69 Å². The number of benzene rings is 1. The van der Waals surface area contributed by atoms with E-state index in [0.29, 0.717) is 15.6 Å². The van der Waals surface area contributed by atoms with Crippen LogP contribution in [0, 0.1) is 18.6 Å². The number of hydrogen-bond donors (Lipinski definition) is 1. The molecule has 19 heavy (non-hydrogen) atoms. The van der Waals surface area contributed by atoms with Crippen LogP contribution in [0.25, 0.3) is 22.6 Å². The predicted molar refractivity (Wildman–Crippen MR) is 71.7 cm³/mol. The molecule has 1 N–H and O–H groups in total. The molecule has 0 bridgehead atoms. The van der Waals surface area contributed by atoms with Gasteiger partial charge in [-0.1, -0.05) is 15.9 Å². The number of imidazole rings is 1. The number of hydrogen-bond acceptors (Lipinski definition) is 2. The lowest BCUT2D eigenvalue weighted by molar-refractivity contribution is 0.586. The van der Waals surface area contributed by atoms with Crippen molar-refractivity contribution in [1.29, 1.82) is 0 Å². The van der Waals surface area contributed by atoms with Crippen LogP contribution >= 0.6 is 15.9 Å². The molecule has 6 heteroatoms. The fraction of sp³-hybridized carbons (Fsp3) is 0.0769. The summed E-state index contributed by atoms with van der Waals surface area (Å²) in [7, 11) is 0. The number of nitrogens with one attached hydrogen (secondary N) is 1. The van der Waals surface area contributed by atoms with Gasteiger partial charge in [0.1, 0.15) is 17.5 Å². The Morgan fingerprint density at radius 3 is 2.47 bits per heavy atom. The third kappa shape index (κ3) is 2.12. The summed E-state index contributed by atoms with van der Waals surface area (Å²) in [4.78, 5) is 11.2. The highest BCUT2D eigenvalue weighted by molar-refractivity contribution is 9.10. The molecule has 0 saturated heterocycles. The first-order valence-corrected chi connectivity index (χ1v) is 6.32. The maximum Gasteiger partial charge on any atom is 0.178 e. The molecule has 2 heterocycles. The smallest absolute Gasteiger partial charge is 0.178 e. The van der Waals surface area contributed by atoms with Crippen molar-refractivity contribution in [2.75, 3.05) is 0 Å². The summed E-state index contributed by atoms with van der Waals surface area (Å²) >= 11 is 3.04. The van der Waals surface area contributed by atoms with Crippen molar-refractivity contribution in [1.82, 2.24) is 15.0 Å². The fourth-order valence-electron chi connectivity index (χ4n) is 1.87. The van der Waals surface area contributed by atoms with Crippen molar-refractivity contribution in [2.24, 2.45) is 0 Å². The predicted octanol–water partition coefficient (Wildman–Crippen LogP) is 3.97. The number of nitrogens with zero attached hydrogens (tertiary/aromatic N) is 2. The van der Waals surface area contributed by atoms with Gasteiger partial charge in [-0.15, -0.1) is 0 Å². The van der Waals surface area contributed by atoms with E-state index < -0.39 is 11.6 Å². The van der Waals surface area contributed by atoms with Crippen molar-refractivity contribution in [3.8, 4) is 11.4 Å². The molecule has 0 fully saturated rings. The second-order valence-electron chi connectivity index (χ2n) is 4.15. The van der Waals surface area contributed by atoms with Crippen LogP contribution in [-0.2, 0) is 0 Å². The highest BCUT2D eigenvalue weighted by Crippen LogP contribution is 2.28. The number of aromatic nitrogens is 3. The van der Waals surface area contributed by atoms with E-state index in [9.17, 15) is 8.78 Å². The fourth-order valence-corrected chi connectivity index (χ4v) is 2.28. The average molecular weight is 324 g/mol. The third-order valence-electron chi connectivity index (χ3n) is 2.73. The summed E-state index contributed by atoms with van der Waals surface area (Å²) in [6.45, 7) is 1.83. The van der Waals surface area contributed by atoms with Crippen molar-refractivity contribution < 1.29 is 8.78 Å². The van der Waals surface area contributed by atoms with Crippen molar-refractivity contribution in [3.05, 3.63) is 46.1 Å². The third-order valence-corrected chi connectivity index (χ3v) is 3.19. The quantitative estimate of drug-likeness (QED) is 0.736. The van der Waals surface area contributed by atoms with E-state index in [1.54, 1.807) is 12.1 Å². The molecule has 0 unspecified atom stereocenters. The number of H-pyrrole nitrogens is 1. The van der Waals surface area contributed by atoms with Gasteiger partial charge in [-0.3, -0.25) is 0 Å². The van der Waals surface area contributed by atoms with Gasteiger partial charge in [0.25, 0.3) is 0 Å². The lowest BCUT2D eigenvalue weighted by atomic mass is 10.2. The first kappa shape index (κ1) is 12.2. The van der Waals surface area contributed by atoms with E-state index in [0.717, 1.165) is 5.69 Å². The molecule has 0 aliphatic carbocycles. The number of halogens is 3. The second-order valence-corrected chi connectivity index (χ2v) is 5.07. The van der Waals surface area contributed by atoms with Crippen LogP contribution in [-0.4, -0.2) is 15.0 Å². The van der Waals surface area contributed by atoms with E-state index in [1.165, 1.54) is 12.1 Å². The van der Waals surface area contributed by atoms with Gasteiger partial charge >= 0.3 is 0 Å². The van der Waals surface area contributed by atoms with Crippen LogP contribution in [0.15, 0.2) is 28.7 Å². The van der Waals surface area contributed by atoms with Crippen molar-refractivity contribution >= 4 is 27.1 Å². The SMILES string of the molecule is Cc1ccc2[nH]c(-c3c(F)cc(Br)cc3F)nc2n1. The minimum atomic E-state index is -0.678. The molecule has 3 aromatic rings. The van der Waals surface area contributed by atoms with Gasteiger partial charge in [-0.05, 0) is 31.2 Å².